The molecule has 0 amide bonds. The Morgan fingerprint density at radius 1 is 1.75 bits per heavy atom. The van der Waals surface area contributed by atoms with Crippen LogP contribution in [0.5, 0.6) is 0 Å². The Morgan fingerprint density at radius 3 is 2.75 bits per heavy atom. The summed E-state index contributed by atoms with van der Waals surface area (Å²) in [4.78, 5) is 0. The van der Waals surface area contributed by atoms with Crippen LogP contribution in [0.3, 0.4) is 0 Å². The lowest BCUT2D eigenvalue weighted by Crippen LogP contribution is -2.09. The molecule has 1 rings (SSSR count). The van der Waals surface area contributed by atoms with Crippen molar-refractivity contribution in [2.45, 2.75) is 0 Å². The lowest BCUT2D eigenvalue weighted by Gasteiger charge is -1.95. The zero-order valence-corrected chi connectivity index (χ0v) is 5.71. The van der Waals surface area contributed by atoms with Crippen molar-refractivity contribution in [2.24, 2.45) is 15.9 Å². The highest BCUT2D eigenvalue weighted by atomic mass is 35.5. The van der Waals surface area contributed by atoms with Crippen molar-refractivity contribution in [2.75, 3.05) is 5.75 Å². The van der Waals surface area contributed by atoms with E-state index in [0.29, 0.717) is 5.17 Å². The number of hydrogen-bond acceptors (Lipinski definition) is 4. The van der Waals surface area contributed by atoms with Crippen molar-refractivity contribution < 1.29 is 0 Å². The van der Waals surface area contributed by atoms with E-state index >= 15 is 0 Å². The van der Waals surface area contributed by atoms with Crippen LogP contribution in [-0.2, 0) is 0 Å². The molecule has 0 aliphatic carbocycles. The second kappa shape index (κ2) is 3.74. The predicted molar refractivity (Wildman–Crippen MR) is 39.8 cm³/mol. The summed E-state index contributed by atoms with van der Waals surface area (Å²) in [5.41, 5.74) is 5.23. The third-order valence-corrected chi connectivity index (χ3v) is 1.24. The van der Waals surface area contributed by atoms with E-state index in [-0.39, 0.29) is 12.4 Å². The maximum Gasteiger partial charge on any atom is 0.180 e. The lowest BCUT2D eigenvalue weighted by molar-refractivity contribution is 1.24. The van der Waals surface area contributed by atoms with Gasteiger partial charge in [0, 0.05) is 12.0 Å². The van der Waals surface area contributed by atoms with Crippen LogP contribution in [0.1, 0.15) is 0 Å². The van der Waals surface area contributed by atoms with Crippen LogP contribution < -0.4 is 5.73 Å². The molecule has 0 aromatic rings. The molecule has 46 valence electrons. The van der Waals surface area contributed by atoms with Gasteiger partial charge in [0.1, 0.15) is 0 Å². The standard InChI is InChI=1S/C3H5N3S.ClH/c4-3-6-5-1-2-7-3;/h1H,2H2,(H2,4,6);1H. The van der Waals surface area contributed by atoms with Gasteiger partial charge in [-0.2, -0.15) is 5.10 Å². The van der Waals surface area contributed by atoms with Crippen molar-refractivity contribution in [3.8, 4) is 0 Å². The van der Waals surface area contributed by atoms with Crippen molar-refractivity contribution >= 4 is 35.6 Å². The molecule has 1 heterocycles. The second-order valence-corrected chi connectivity index (χ2v) is 2.09. The fourth-order valence-electron chi connectivity index (χ4n) is 0.283. The smallest absolute Gasteiger partial charge is 0.180 e. The molecule has 0 saturated heterocycles. The maximum atomic E-state index is 5.23. The van der Waals surface area contributed by atoms with E-state index < -0.39 is 0 Å². The number of nitrogens with zero attached hydrogens (tertiary/aromatic N) is 2. The number of halogens is 1. The molecular formula is C3H6ClN3S. The number of nitrogens with two attached hydrogens (primary N) is 1. The minimum atomic E-state index is 0. The first kappa shape index (κ1) is 7.78. The molecule has 0 aromatic heterocycles. The molecule has 0 aromatic carbocycles. The minimum absolute atomic E-state index is 0. The highest BCUT2D eigenvalue weighted by Crippen LogP contribution is 2.00. The largest absolute Gasteiger partial charge is 0.377 e. The first-order chi connectivity index (χ1) is 3.39. The molecule has 5 heteroatoms. The van der Waals surface area contributed by atoms with Crippen LogP contribution in [0.4, 0.5) is 0 Å². The number of rotatable bonds is 0. The van der Waals surface area contributed by atoms with Gasteiger partial charge >= 0.3 is 0 Å². The van der Waals surface area contributed by atoms with Gasteiger partial charge in [0.15, 0.2) is 5.17 Å². The molecule has 3 nitrogen and oxygen atoms in total. The molecule has 0 bridgehead atoms. The summed E-state index contributed by atoms with van der Waals surface area (Å²) in [6.07, 6.45) is 1.72. The third-order valence-electron chi connectivity index (χ3n) is 0.544. The summed E-state index contributed by atoms with van der Waals surface area (Å²) in [5, 5.41) is 7.69. The molecule has 1 aliphatic rings. The van der Waals surface area contributed by atoms with Gasteiger partial charge in [0.05, 0.1) is 0 Å². The van der Waals surface area contributed by atoms with Crippen molar-refractivity contribution in [1.82, 2.24) is 0 Å². The lowest BCUT2D eigenvalue weighted by atomic mass is 10.9. The van der Waals surface area contributed by atoms with Crippen LogP contribution in [0, 0.1) is 0 Å². The Hall–Kier alpha value is -0.220. The summed E-state index contributed by atoms with van der Waals surface area (Å²) in [6.45, 7) is 0. The van der Waals surface area contributed by atoms with E-state index in [9.17, 15) is 0 Å². The normalized spacial score (nSPS) is 16.8. The molecule has 2 N–H and O–H groups in total. The SMILES string of the molecule is Cl.NC1=NN=CCS1. The molecule has 8 heavy (non-hydrogen) atoms. The monoisotopic (exact) mass is 151 g/mol. The van der Waals surface area contributed by atoms with Gasteiger partial charge in [0.2, 0.25) is 0 Å². The van der Waals surface area contributed by atoms with Gasteiger partial charge in [-0.05, 0) is 0 Å². The Kier molecular flexibility index (Phi) is 3.64. The Labute approximate surface area is 57.8 Å². The van der Waals surface area contributed by atoms with Gasteiger partial charge in [-0.15, -0.1) is 17.5 Å². The average Bonchev–Trinajstić information content (AvgIpc) is 1.69. The van der Waals surface area contributed by atoms with Crippen LogP contribution in [0.2, 0.25) is 0 Å². The van der Waals surface area contributed by atoms with E-state index in [0.717, 1.165) is 5.75 Å². The molecule has 0 radical (unpaired) electrons. The van der Waals surface area contributed by atoms with Crippen molar-refractivity contribution in [3.05, 3.63) is 0 Å². The van der Waals surface area contributed by atoms with Crippen LogP contribution in [0.25, 0.3) is 0 Å². The van der Waals surface area contributed by atoms with Crippen molar-refractivity contribution in [1.29, 1.82) is 0 Å². The zero-order chi connectivity index (χ0) is 5.11. The highest BCUT2D eigenvalue weighted by molar-refractivity contribution is 8.14. The van der Waals surface area contributed by atoms with E-state index in [4.69, 9.17) is 5.73 Å². The van der Waals surface area contributed by atoms with E-state index in [2.05, 4.69) is 10.2 Å². The second-order valence-electron chi connectivity index (χ2n) is 1.05. The van der Waals surface area contributed by atoms with Gasteiger partial charge in [-0.3, -0.25) is 0 Å². The van der Waals surface area contributed by atoms with Crippen LogP contribution in [-0.4, -0.2) is 17.1 Å². The molecule has 0 fully saturated rings. The topological polar surface area (TPSA) is 50.7 Å². The predicted octanol–water partition coefficient (Wildman–Crippen LogP) is 0.456. The fraction of sp³-hybridized carbons (Fsp3) is 0.333. The van der Waals surface area contributed by atoms with E-state index in [1.807, 2.05) is 0 Å². The van der Waals surface area contributed by atoms with E-state index in [1.165, 1.54) is 11.8 Å². The Balaban J connectivity index is 0.000000490. The molecule has 0 spiro atoms. The number of amidine groups is 1. The van der Waals surface area contributed by atoms with Gasteiger partial charge in [0.25, 0.3) is 0 Å². The molecule has 0 saturated carbocycles. The third kappa shape index (κ3) is 2.18. The summed E-state index contributed by atoms with van der Waals surface area (Å²) in [7, 11) is 0. The van der Waals surface area contributed by atoms with Gasteiger partial charge < -0.3 is 5.73 Å². The van der Waals surface area contributed by atoms with Crippen LogP contribution in [0.15, 0.2) is 10.2 Å². The van der Waals surface area contributed by atoms with Crippen molar-refractivity contribution in [3.63, 3.8) is 0 Å². The quantitative estimate of drug-likeness (QED) is 0.547. The Bertz CT molecular complexity index is 122. The summed E-state index contributed by atoms with van der Waals surface area (Å²) in [6, 6.07) is 0. The molecular weight excluding hydrogens is 146 g/mol. The fourth-order valence-corrected chi connectivity index (χ4v) is 0.699. The van der Waals surface area contributed by atoms with Gasteiger partial charge in [-0.1, -0.05) is 11.8 Å². The minimum Gasteiger partial charge on any atom is -0.377 e. The first-order valence-electron chi connectivity index (χ1n) is 1.87. The number of thioether (sulfide) groups is 1. The first-order valence-corrected chi connectivity index (χ1v) is 2.86. The maximum absolute atomic E-state index is 5.23. The molecule has 1 aliphatic heterocycles. The Morgan fingerprint density at radius 2 is 2.50 bits per heavy atom. The van der Waals surface area contributed by atoms with Crippen LogP contribution >= 0.6 is 24.2 Å². The van der Waals surface area contributed by atoms with Gasteiger partial charge in [-0.25, -0.2) is 0 Å². The molecule has 0 unspecified atom stereocenters. The summed E-state index contributed by atoms with van der Waals surface area (Å²) >= 11 is 1.50. The summed E-state index contributed by atoms with van der Waals surface area (Å²) < 4.78 is 0. The molecule has 0 atom stereocenters. The summed E-state index contributed by atoms with van der Waals surface area (Å²) in [5.74, 6) is 0.856. The van der Waals surface area contributed by atoms with E-state index in [1.54, 1.807) is 6.21 Å². The average molecular weight is 152 g/mol. The highest BCUT2D eigenvalue weighted by Gasteiger charge is 1.93. The number of hydrogen-bond donors (Lipinski definition) is 1. The zero-order valence-electron chi connectivity index (χ0n) is 4.07.